The third kappa shape index (κ3) is 4.55. The molecule has 2 bridgehead atoms. The van der Waals surface area contributed by atoms with Gasteiger partial charge < -0.3 is 24.1 Å². The van der Waals surface area contributed by atoms with Gasteiger partial charge in [-0.15, -0.1) is 0 Å². The molecule has 4 heterocycles. The number of aryl methyl sites for hydroxylation is 1. The lowest BCUT2D eigenvalue weighted by molar-refractivity contribution is -0.924. The molecule has 37 heavy (non-hydrogen) atoms. The van der Waals surface area contributed by atoms with Crippen LogP contribution in [0.4, 0.5) is 5.69 Å². The Morgan fingerprint density at radius 2 is 1.89 bits per heavy atom. The molecule has 6 rings (SSSR count). The predicted octanol–water partition coefficient (Wildman–Crippen LogP) is 2.73. The lowest BCUT2D eigenvalue weighted by atomic mass is 9.83. The van der Waals surface area contributed by atoms with E-state index < -0.39 is 0 Å². The van der Waals surface area contributed by atoms with Crippen molar-refractivity contribution in [1.29, 1.82) is 0 Å². The summed E-state index contributed by atoms with van der Waals surface area (Å²) in [5.74, 6) is 1.37. The topological polar surface area (TPSA) is 69.7 Å². The second-order valence-electron chi connectivity index (χ2n) is 10.6. The average Bonchev–Trinajstić information content (AvgIpc) is 3.21. The zero-order chi connectivity index (χ0) is 25.5. The lowest BCUT2D eigenvalue weighted by Crippen LogP contribution is -3.13. The number of amides is 1. The van der Waals surface area contributed by atoms with Crippen LogP contribution >= 0.6 is 0 Å². The number of benzene rings is 2. The number of quaternary nitrogens is 1. The maximum absolute atomic E-state index is 13.4. The smallest absolute Gasteiger partial charge is 0.274 e. The highest BCUT2D eigenvalue weighted by atomic mass is 16.5. The van der Waals surface area contributed by atoms with Crippen molar-refractivity contribution in [3.8, 4) is 5.75 Å². The summed E-state index contributed by atoms with van der Waals surface area (Å²) < 4.78 is 9.31. The minimum Gasteiger partial charge on any atom is -0.497 e. The summed E-state index contributed by atoms with van der Waals surface area (Å²) in [6.07, 6.45) is 3.60. The number of fused-ring (bicyclic) bond motifs is 5. The van der Waals surface area contributed by atoms with E-state index in [1.165, 1.54) is 16.5 Å². The largest absolute Gasteiger partial charge is 0.497 e. The first-order chi connectivity index (χ1) is 18.0. The zero-order valence-electron chi connectivity index (χ0n) is 21.4. The van der Waals surface area contributed by atoms with E-state index in [4.69, 9.17) is 4.74 Å². The first-order valence-corrected chi connectivity index (χ1v) is 13.0. The molecule has 2 N–H and O–H groups in total. The van der Waals surface area contributed by atoms with Crippen LogP contribution in [0.3, 0.4) is 0 Å². The number of methoxy groups -OCH3 is 1. The average molecular weight is 498 g/mol. The van der Waals surface area contributed by atoms with Gasteiger partial charge in [0.2, 0.25) is 5.91 Å². The third-order valence-corrected chi connectivity index (χ3v) is 8.02. The zero-order valence-corrected chi connectivity index (χ0v) is 21.4. The van der Waals surface area contributed by atoms with Crippen molar-refractivity contribution >= 4 is 22.5 Å². The molecular weight excluding hydrogens is 464 g/mol. The summed E-state index contributed by atoms with van der Waals surface area (Å²) in [5, 5.41) is 4.19. The fourth-order valence-corrected chi connectivity index (χ4v) is 6.37. The molecule has 1 amide bonds. The summed E-state index contributed by atoms with van der Waals surface area (Å²) in [6.45, 7) is 3.78. The molecule has 7 nitrogen and oxygen atoms in total. The summed E-state index contributed by atoms with van der Waals surface area (Å²) in [6, 6.07) is 19.8. The van der Waals surface area contributed by atoms with Crippen molar-refractivity contribution in [2.45, 2.75) is 31.8 Å². The van der Waals surface area contributed by atoms with E-state index in [2.05, 4.69) is 47.4 Å². The van der Waals surface area contributed by atoms with Crippen molar-refractivity contribution in [3.63, 3.8) is 0 Å². The number of rotatable bonds is 6. The Labute approximate surface area is 216 Å². The van der Waals surface area contributed by atoms with E-state index >= 15 is 0 Å². The van der Waals surface area contributed by atoms with Gasteiger partial charge in [-0.3, -0.25) is 9.59 Å². The number of hydrogen-bond acceptors (Lipinski definition) is 3. The number of para-hydroxylation sites is 1. The lowest BCUT2D eigenvalue weighted by Gasteiger charge is -2.40. The number of anilines is 1. The maximum atomic E-state index is 13.4. The molecule has 1 saturated heterocycles. The van der Waals surface area contributed by atoms with E-state index in [1.807, 2.05) is 34.9 Å². The molecule has 2 aliphatic heterocycles. The Balaban J connectivity index is 1.17. The molecule has 0 radical (unpaired) electrons. The second-order valence-corrected chi connectivity index (χ2v) is 10.6. The van der Waals surface area contributed by atoms with Gasteiger partial charge in [0.15, 0.2) is 0 Å². The molecule has 7 heteroatoms. The molecule has 3 atom stereocenters. The van der Waals surface area contributed by atoms with Gasteiger partial charge >= 0.3 is 0 Å². The van der Waals surface area contributed by atoms with Gasteiger partial charge in [-0.2, -0.15) is 0 Å². The van der Waals surface area contributed by atoms with E-state index in [1.54, 1.807) is 18.1 Å². The van der Waals surface area contributed by atoms with Crippen molar-refractivity contribution in [2.24, 2.45) is 13.0 Å². The number of hydrogen-bond donors (Lipinski definition) is 2. The highest BCUT2D eigenvalue weighted by molar-refractivity contribution is 5.92. The number of nitrogens with zero attached hydrogens (tertiary/aromatic N) is 2. The van der Waals surface area contributed by atoms with Gasteiger partial charge in [-0.05, 0) is 42.3 Å². The van der Waals surface area contributed by atoms with Crippen molar-refractivity contribution in [2.75, 3.05) is 25.5 Å². The Bertz CT molecular complexity index is 1520. The van der Waals surface area contributed by atoms with Crippen LogP contribution in [-0.4, -0.2) is 35.2 Å². The minimum absolute atomic E-state index is 0.0900. The molecule has 2 aromatic heterocycles. The van der Waals surface area contributed by atoms with Crippen LogP contribution in [0.25, 0.3) is 10.9 Å². The Hall–Kier alpha value is -3.84. The standard InChI is InChI=1S/C30H32N4O3/c1-32-17-23(25-5-3-4-6-28(25)32)19-33-15-21-13-22(18-33)27-12-11-26(30(36)34(27)16-21)31-29(35)14-20-7-9-24(37-2)10-8-20/h3-12,17,21-22H,13-16,18-19H2,1-2H3,(H,31,35)/p+1/t21-,22+/m0/s1. The normalized spacial score (nSPS) is 20.4. The molecule has 0 aliphatic carbocycles. The Morgan fingerprint density at radius 3 is 2.70 bits per heavy atom. The van der Waals surface area contributed by atoms with Crippen LogP contribution < -0.4 is 20.5 Å². The third-order valence-electron chi connectivity index (χ3n) is 8.02. The minimum atomic E-state index is -0.190. The molecular formula is C30H33N4O3+. The quantitative estimate of drug-likeness (QED) is 0.431. The van der Waals surface area contributed by atoms with Crippen molar-refractivity contribution in [1.82, 2.24) is 9.13 Å². The second kappa shape index (κ2) is 9.56. The maximum Gasteiger partial charge on any atom is 0.274 e. The van der Waals surface area contributed by atoms with E-state index in [9.17, 15) is 9.59 Å². The number of carbonyl (C=O) groups excluding carboxylic acids is 1. The van der Waals surface area contributed by atoms with Crippen LogP contribution in [0.2, 0.25) is 0 Å². The van der Waals surface area contributed by atoms with Gasteiger partial charge in [0.25, 0.3) is 5.56 Å². The number of carbonyl (C=O) groups is 1. The van der Waals surface area contributed by atoms with Gasteiger partial charge in [0, 0.05) is 53.8 Å². The highest BCUT2D eigenvalue weighted by Crippen LogP contribution is 2.31. The van der Waals surface area contributed by atoms with Crippen LogP contribution in [0, 0.1) is 5.92 Å². The number of likely N-dealkylation sites (tertiary alicyclic amines) is 1. The Kier molecular flexibility index (Phi) is 6.08. The Morgan fingerprint density at radius 1 is 1.08 bits per heavy atom. The van der Waals surface area contributed by atoms with E-state index in [0.29, 0.717) is 24.1 Å². The van der Waals surface area contributed by atoms with Crippen LogP contribution in [0.5, 0.6) is 5.75 Å². The highest BCUT2D eigenvalue weighted by Gasteiger charge is 2.37. The molecule has 2 aromatic carbocycles. The predicted molar refractivity (Wildman–Crippen MR) is 144 cm³/mol. The molecule has 0 saturated carbocycles. The van der Waals surface area contributed by atoms with Crippen LogP contribution in [-0.2, 0) is 31.4 Å². The summed E-state index contributed by atoms with van der Waals surface area (Å²) in [5.41, 5.74) is 4.91. The molecule has 0 spiro atoms. The fraction of sp³-hybridized carbons (Fsp3) is 0.333. The fourth-order valence-electron chi connectivity index (χ4n) is 6.37. The molecule has 190 valence electrons. The number of nitrogens with one attached hydrogen (secondary N) is 2. The number of ether oxygens (including phenoxy) is 1. The van der Waals surface area contributed by atoms with Gasteiger partial charge in [0.1, 0.15) is 18.0 Å². The summed E-state index contributed by atoms with van der Waals surface area (Å²) in [4.78, 5) is 27.6. The van der Waals surface area contributed by atoms with Crippen LogP contribution in [0.15, 0.2) is 71.7 Å². The SMILES string of the molecule is COc1ccc(CC(=O)Nc2ccc3n(c2=O)C[C@H]2C[C@@H]3C[NH+](Cc3cn(C)c4ccccc34)C2)cc1. The first kappa shape index (κ1) is 23.6. The molecule has 2 aliphatic rings. The molecule has 1 unspecified atom stereocenters. The van der Waals surface area contributed by atoms with E-state index in [-0.39, 0.29) is 17.9 Å². The first-order valence-electron chi connectivity index (χ1n) is 13.0. The number of piperidine rings is 1. The number of pyridine rings is 1. The monoisotopic (exact) mass is 497 g/mol. The van der Waals surface area contributed by atoms with Gasteiger partial charge in [0.05, 0.1) is 26.6 Å². The van der Waals surface area contributed by atoms with Crippen molar-refractivity contribution < 1.29 is 14.4 Å². The molecule has 1 fully saturated rings. The van der Waals surface area contributed by atoms with Gasteiger partial charge in [-0.25, -0.2) is 0 Å². The van der Waals surface area contributed by atoms with E-state index in [0.717, 1.165) is 43.1 Å². The molecule has 4 aromatic rings. The van der Waals surface area contributed by atoms with Crippen molar-refractivity contribution in [3.05, 3.63) is 94.0 Å². The number of aromatic nitrogens is 2. The van der Waals surface area contributed by atoms with Crippen LogP contribution in [0.1, 0.15) is 29.2 Å². The summed E-state index contributed by atoms with van der Waals surface area (Å²) >= 11 is 0. The van der Waals surface area contributed by atoms with Gasteiger partial charge in [-0.1, -0.05) is 30.3 Å². The summed E-state index contributed by atoms with van der Waals surface area (Å²) in [7, 11) is 3.73.